The van der Waals surface area contributed by atoms with Crippen LogP contribution in [-0.4, -0.2) is 71.0 Å². The highest BCUT2D eigenvalue weighted by Crippen LogP contribution is 2.22. The molecular weight excluding hydrogens is 384 g/mol. The summed E-state index contributed by atoms with van der Waals surface area (Å²) in [6, 6.07) is 7.92. The number of amides is 2. The molecule has 1 aromatic heterocycles. The van der Waals surface area contributed by atoms with E-state index >= 15 is 0 Å². The van der Waals surface area contributed by atoms with E-state index in [2.05, 4.69) is 34.4 Å². The summed E-state index contributed by atoms with van der Waals surface area (Å²) in [6.07, 6.45) is 0.863. The van der Waals surface area contributed by atoms with Crippen molar-refractivity contribution in [2.75, 3.05) is 38.2 Å². The summed E-state index contributed by atoms with van der Waals surface area (Å²) in [4.78, 5) is 29.7. The monoisotopic (exact) mass is 412 g/mol. The number of anilines is 1. The zero-order chi connectivity index (χ0) is 21.3. The molecule has 0 unspecified atom stereocenters. The van der Waals surface area contributed by atoms with Gasteiger partial charge in [0.25, 0.3) is 11.8 Å². The summed E-state index contributed by atoms with van der Waals surface area (Å²) in [5.74, 6) is 0.780. The van der Waals surface area contributed by atoms with Gasteiger partial charge in [-0.3, -0.25) is 9.59 Å². The van der Waals surface area contributed by atoms with Gasteiger partial charge in [0.2, 0.25) is 0 Å². The van der Waals surface area contributed by atoms with Crippen molar-refractivity contribution in [3.8, 4) is 5.75 Å². The van der Waals surface area contributed by atoms with Crippen LogP contribution in [0, 0.1) is 5.92 Å². The van der Waals surface area contributed by atoms with Crippen LogP contribution in [0.2, 0.25) is 0 Å². The van der Waals surface area contributed by atoms with Crippen molar-refractivity contribution in [2.24, 2.45) is 5.92 Å². The number of rotatable bonds is 5. The quantitative estimate of drug-likeness (QED) is 0.798. The summed E-state index contributed by atoms with van der Waals surface area (Å²) < 4.78 is 6.78. The molecule has 1 saturated heterocycles. The normalized spacial score (nSPS) is 18.9. The summed E-state index contributed by atoms with van der Waals surface area (Å²) in [5, 5.41) is 11.2. The average molecular weight is 412 g/mol. The second kappa shape index (κ2) is 8.33. The first kappa shape index (κ1) is 20.2. The van der Waals surface area contributed by atoms with Gasteiger partial charge in [-0.15, -0.1) is 5.10 Å². The van der Waals surface area contributed by atoms with Crippen molar-refractivity contribution in [2.45, 2.75) is 32.9 Å². The standard InChI is InChI=1S/C21H28N6O3/c1-14(2)12-15-13-27-19(20(28)22-15)18(23-24-27)21(29)26-10-8-25(9-11-26)16-4-6-17(30-3)7-5-16/h4-7,14-15H,8-13H2,1-3H3,(H,22,28)/t15-/m0/s1. The first-order valence-electron chi connectivity index (χ1n) is 10.4. The lowest BCUT2D eigenvalue weighted by Crippen LogP contribution is -2.50. The van der Waals surface area contributed by atoms with Gasteiger partial charge in [-0.05, 0) is 36.6 Å². The minimum absolute atomic E-state index is 0.0164. The van der Waals surface area contributed by atoms with Crippen molar-refractivity contribution < 1.29 is 14.3 Å². The van der Waals surface area contributed by atoms with Gasteiger partial charge in [0, 0.05) is 37.9 Å². The maximum absolute atomic E-state index is 13.1. The van der Waals surface area contributed by atoms with Gasteiger partial charge in [-0.25, -0.2) is 4.68 Å². The Kier molecular flexibility index (Phi) is 5.61. The lowest BCUT2D eigenvalue weighted by molar-refractivity contribution is 0.0730. The molecule has 0 bridgehead atoms. The molecule has 2 aromatic rings. The SMILES string of the molecule is COc1ccc(N2CCN(C(=O)c3nnn4c3C(=O)N[C@@H](CC(C)C)C4)CC2)cc1. The fraction of sp³-hybridized carbons (Fsp3) is 0.524. The largest absolute Gasteiger partial charge is 0.497 e. The molecule has 2 amide bonds. The molecule has 0 spiro atoms. The summed E-state index contributed by atoms with van der Waals surface area (Å²) in [6.45, 7) is 7.33. The van der Waals surface area contributed by atoms with E-state index < -0.39 is 0 Å². The van der Waals surface area contributed by atoms with Gasteiger partial charge >= 0.3 is 0 Å². The van der Waals surface area contributed by atoms with Gasteiger partial charge in [0.15, 0.2) is 11.4 Å². The van der Waals surface area contributed by atoms with Crippen LogP contribution < -0.4 is 15.0 Å². The summed E-state index contributed by atoms with van der Waals surface area (Å²) in [5.41, 5.74) is 1.52. The average Bonchev–Trinajstić information content (AvgIpc) is 3.17. The van der Waals surface area contributed by atoms with Gasteiger partial charge in [0.1, 0.15) is 5.75 Å². The number of methoxy groups -OCH3 is 1. The Labute approximate surface area is 176 Å². The van der Waals surface area contributed by atoms with Crippen LogP contribution in [0.5, 0.6) is 5.75 Å². The van der Waals surface area contributed by atoms with Gasteiger partial charge in [-0.2, -0.15) is 0 Å². The first-order chi connectivity index (χ1) is 14.5. The number of hydrogen-bond acceptors (Lipinski definition) is 6. The third-order valence-electron chi connectivity index (χ3n) is 5.64. The summed E-state index contributed by atoms with van der Waals surface area (Å²) >= 11 is 0. The van der Waals surface area contributed by atoms with E-state index in [0.717, 1.165) is 17.9 Å². The number of nitrogens with one attached hydrogen (secondary N) is 1. The Morgan fingerprint density at radius 3 is 2.53 bits per heavy atom. The molecular formula is C21H28N6O3. The number of carbonyl (C=O) groups excluding carboxylic acids is 2. The van der Waals surface area contributed by atoms with Crippen LogP contribution in [-0.2, 0) is 6.54 Å². The third kappa shape index (κ3) is 3.96. The molecule has 1 fully saturated rings. The molecule has 0 radical (unpaired) electrons. The number of piperazine rings is 1. The van der Waals surface area contributed by atoms with Crippen molar-refractivity contribution in [3.63, 3.8) is 0 Å². The lowest BCUT2D eigenvalue weighted by atomic mass is 10.0. The lowest BCUT2D eigenvalue weighted by Gasteiger charge is -2.36. The molecule has 0 saturated carbocycles. The zero-order valence-electron chi connectivity index (χ0n) is 17.7. The Hall–Kier alpha value is -3.10. The fourth-order valence-corrected chi connectivity index (χ4v) is 4.13. The molecule has 4 rings (SSSR count). The number of carbonyl (C=O) groups is 2. The van der Waals surface area contributed by atoms with Crippen molar-refractivity contribution in [1.82, 2.24) is 25.2 Å². The Morgan fingerprint density at radius 2 is 1.90 bits per heavy atom. The predicted octanol–water partition coefficient (Wildman–Crippen LogP) is 1.41. The highest BCUT2D eigenvalue weighted by molar-refractivity contribution is 6.05. The highest BCUT2D eigenvalue weighted by Gasteiger charge is 2.34. The van der Waals surface area contributed by atoms with Crippen LogP contribution in [0.15, 0.2) is 24.3 Å². The number of benzene rings is 1. The number of aromatic nitrogens is 3. The molecule has 0 aliphatic carbocycles. The minimum Gasteiger partial charge on any atom is -0.497 e. The number of nitrogens with zero attached hydrogens (tertiary/aromatic N) is 5. The van der Waals surface area contributed by atoms with Crippen LogP contribution in [0.3, 0.4) is 0 Å². The molecule has 9 heteroatoms. The van der Waals surface area contributed by atoms with Crippen molar-refractivity contribution in [3.05, 3.63) is 35.7 Å². The third-order valence-corrected chi connectivity index (χ3v) is 5.64. The zero-order valence-corrected chi connectivity index (χ0v) is 17.7. The van der Waals surface area contributed by atoms with Crippen LogP contribution in [0.4, 0.5) is 5.69 Å². The predicted molar refractivity (Wildman–Crippen MR) is 112 cm³/mol. The van der Waals surface area contributed by atoms with Crippen molar-refractivity contribution >= 4 is 17.5 Å². The van der Waals surface area contributed by atoms with Crippen LogP contribution in [0.25, 0.3) is 0 Å². The van der Waals surface area contributed by atoms with Crippen molar-refractivity contribution in [1.29, 1.82) is 0 Å². The van der Waals surface area contributed by atoms with E-state index in [0.29, 0.717) is 38.6 Å². The van der Waals surface area contributed by atoms with E-state index in [4.69, 9.17) is 4.74 Å². The second-order valence-electron chi connectivity index (χ2n) is 8.25. The molecule has 160 valence electrons. The minimum atomic E-state index is -0.267. The molecule has 2 aliphatic rings. The van der Waals surface area contributed by atoms with E-state index in [1.807, 2.05) is 24.3 Å². The van der Waals surface area contributed by atoms with Gasteiger partial charge in [-0.1, -0.05) is 19.1 Å². The molecule has 1 aromatic carbocycles. The second-order valence-corrected chi connectivity index (χ2v) is 8.25. The Bertz CT molecular complexity index is 915. The van der Waals surface area contributed by atoms with Crippen LogP contribution >= 0.6 is 0 Å². The van der Waals surface area contributed by atoms with Crippen LogP contribution in [0.1, 0.15) is 41.2 Å². The highest BCUT2D eigenvalue weighted by atomic mass is 16.5. The maximum Gasteiger partial charge on any atom is 0.277 e. The van der Waals surface area contributed by atoms with E-state index in [1.165, 1.54) is 0 Å². The molecule has 3 heterocycles. The van der Waals surface area contributed by atoms with Gasteiger partial charge in [0.05, 0.1) is 13.7 Å². The topological polar surface area (TPSA) is 92.6 Å². The molecule has 9 nitrogen and oxygen atoms in total. The molecule has 1 atom stereocenters. The van der Waals surface area contributed by atoms with E-state index in [9.17, 15) is 9.59 Å². The molecule has 1 N–H and O–H groups in total. The smallest absolute Gasteiger partial charge is 0.277 e. The maximum atomic E-state index is 13.1. The number of ether oxygens (including phenoxy) is 1. The summed E-state index contributed by atoms with van der Waals surface area (Å²) in [7, 11) is 1.65. The number of hydrogen-bond donors (Lipinski definition) is 1. The van der Waals surface area contributed by atoms with E-state index in [1.54, 1.807) is 16.7 Å². The fourth-order valence-electron chi connectivity index (χ4n) is 4.13. The van der Waals surface area contributed by atoms with Gasteiger partial charge < -0.3 is 19.9 Å². The molecule has 2 aliphatic heterocycles. The Morgan fingerprint density at radius 1 is 1.20 bits per heavy atom. The first-order valence-corrected chi connectivity index (χ1v) is 10.4. The number of fused-ring (bicyclic) bond motifs is 1. The Balaban J connectivity index is 1.42. The molecule has 30 heavy (non-hydrogen) atoms. The van der Waals surface area contributed by atoms with E-state index in [-0.39, 0.29) is 29.2 Å².